The summed E-state index contributed by atoms with van der Waals surface area (Å²) in [6, 6.07) is 1.59. The van der Waals surface area contributed by atoms with Crippen LogP contribution in [0, 0.1) is 5.92 Å². The summed E-state index contributed by atoms with van der Waals surface area (Å²) in [6.07, 6.45) is 2.49. The average molecular weight is 224 g/mol. The molecular weight excluding hydrogens is 208 g/mol. The molecule has 1 aliphatic rings. The molecule has 5 heteroatoms. The van der Waals surface area contributed by atoms with Crippen LogP contribution in [-0.2, 0) is 4.74 Å². The molecule has 2 atom stereocenters. The molecule has 0 radical (unpaired) electrons. The zero-order valence-electron chi connectivity index (χ0n) is 9.55. The van der Waals surface area contributed by atoms with Crippen molar-refractivity contribution in [3.05, 3.63) is 18.0 Å². The number of carbonyl (C=O) groups is 1. The molecule has 0 unspecified atom stereocenters. The summed E-state index contributed by atoms with van der Waals surface area (Å²) < 4.78 is 10.0. The van der Waals surface area contributed by atoms with Gasteiger partial charge in [-0.2, -0.15) is 0 Å². The van der Waals surface area contributed by atoms with Gasteiger partial charge in [0.1, 0.15) is 6.26 Å². The van der Waals surface area contributed by atoms with Crippen molar-refractivity contribution in [1.29, 1.82) is 0 Å². The normalized spacial score (nSPS) is 25.8. The van der Waals surface area contributed by atoms with Gasteiger partial charge in [0.25, 0.3) is 5.91 Å². The van der Waals surface area contributed by atoms with Crippen molar-refractivity contribution in [2.75, 3.05) is 20.2 Å². The maximum atomic E-state index is 12.0. The molecule has 0 aromatic carbocycles. The molecule has 1 aromatic heterocycles. The molecule has 16 heavy (non-hydrogen) atoms. The third-order valence-corrected chi connectivity index (χ3v) is 3.14. The zero-order chi connectivity index (χ0) is 11.5. The van der Waals surface area contributed by atoms with Gasteiger partial charge in [0.2, 0.25) is 0 Å². The molecule has 2 rings (SSSR count). The molecule has 0 saturated carbocycles. The van der Waals surface area contributed by atoms with E-state index < -0.39 is 0 Å². The number of ether oxygens (including phenoxy) is 1. The minimum atomic E-state index is -0.0808. The van der Waals surface area contributed by atoms with Crippen molar-refractivity contribution in [2.24, 2.45) is 5.92 Å². The van der Waals surface area contributed by atoms with Crippen molar-refractivity contribution in [2.45, 2.75) is 19.4 Å². The van der Waals surface area contributed by atoms with Crippen LogP contribution in [0.5, 0.6) is 0 Å². The van der Waals surface area contributed by atoms with E-state index in [1.807, 2.05) is 0 Å². The third-order valence-electron chi connectivity index (χ3n) is 3.14. The second-order valence-electron chi connectivity index (χ2n) is 4.18. The number of hydrogen-bond donors (Lipinski definition) is 0. The summed E-state index contributed by atoms with van der Waals surface area (Å²) in [5.41, 5.74) is 0.365. The molecule has 1 aliphatic heterocycles. The van der Waals surface area contributed by atoms with E-state index in [9.17, 15) is 4.79 Å². The number of methoxy groups -OCH3 is 1. The number of likely N-dealkylation sites (tertiary alicyclic amines) is 1. The summed E-state index contributed by atoms with van der Waals surface area (Å²) in [7, 11) is 1.69. The van der Waals surface area contributed by atoms with Gasteiger partial charge in [0, 0.05) is 26.3 Å². The smallest absolute Gasteiger partial charge is 0.276 e. The Morgan fingerprint density at radius 1 is 1.69 bits per heavy atom. The van der Waals surface area contributed by atoms with Gasteiger partial charge in [-0.3, -0.25) is 4.79 Å². The number of nitrogens with zero attached hydrogens (tertiary/aromatic N) is 2. The Hall–Kier alpha value is -1.36. The summed E-state index contributed by atoms with van der Waals surface area (Å²) in [4.78, 5) is 13.7. The van der Waals surface area contributed by atoms with E-state index in [1.54, 1.807) is 18.1 Å². The van der Waals surface area contributed by atoms with Gasteiger partial charge in [-0.1, -0.05) is 12.1 Å². The Balaban J connectivity index is 2.03. The van der Waals surface area contributed by atoms with Crippen LogP contribution in [0.25, 0.3) is 0 Å². The molecule has 88 valence electrons. The fraction of sp³-hybridized carbons (Fsp3) is 0.636. The monoisotopic (exact) mass is 224 g/mol. The van der Waals surface area contributed by atoms with Crippen LogP contribution in [0.15, 0.2) is 16.9 Å². The summed E-state index contributed by atoms with van der Waals surface area (Å²) >= 11 is 0. The summed E-state index contributed by atoms with van der Waals surface area (Å²) in [6.45, 7) is 3.53. The van der Waals surface area contributed by atoms with Gasteiger partial charge in [0.15, 0.2) is 5.69 Å². The maximum absolute atomic E-state index is 12.0. The van der Waals surface area contributed by atoms with E-state index in [2.05, 4.69) is 16.6 Å². The number of aromatic nitrogens is 1. The predicted molar refractivity (Wildman–Crippen MR) is 57.0 cm³/mol. The van der Waals surface area contributed by atoms with Crippen LogP contribution in [0.1, 0.15) is 23.8 Å². The minimum absolute atomic E-state index is 0.0808. The van der Waals surface area contributed by atoms with Gasteiger partial charge in [-0.15, -0.1) is 0 Å². The Labute approximate surface area is 94.3 Å². The minimum Gasteiger partial charge on any atom is -0.379 e. The highest BCUT2D eigenvalue weighted by molar-refractivity contribution is 5.92. The molecular formula is C11H16N2O3. The standard InChI is InChI=1S/C11H16N2O3/c1-8-3-5-13(7-10(8)15-2)11(14)9-4-6-16-12-9/h4,6,8,10H,3,5,7H2,1-2H3/t8-,10-/m1/s1. The Morgan fingerprint density at radius 2 is 2.50 bits per heavy atom. The number of carbonyl (C=O) groups excluding carboxylic acids is 1. The third kappa shape index (κ3) is 2.09. The van der Waals surface area contributed by atoms with Gasteiger partial charge in [0.05, 0.1) is 6.10 Å². The highest BCUT2D eigenvalue weighted by atomic mass is 16.5. The van der Waals surface area contributed by atoms with Gasteiger partial charge < -0.3 is 14.2 Å². The second-order valence-corrected chi connectivity index (χ2v) is 4.18. The first-order valence-corrected chi connectivity index (χ1v) is 5.45. The molecule has 0 N–H and O–H groups in total. The fourth-order valence-electron chi connectivity index (χ4n) is 2.01. The first-order valence-electron chi connectivity index (χ1n) is 5.45. The lowest BCUT2D eigenvalue weighted by molar-refractivity contribution is -0.00190. The quantitative estimate of drug-likeness (QED) is 0.756. The van der Waals surface area contributed by atoms with Crippen molar-refractivity contribution >= 4 is 5.91 Å². The van der Waals surface area contributed by atoms with Crippen molar-refractivity contribution < 1.29 is 14.1 Å². The molecule has 1 aromatic rings. The highest BCUT2D eigenvalue weighted by Crippen LogP contribution is 2.20. The Morgan fingerprint density at radius 3 is 3.12 bits per heavy atom. The van der Waals surface area contributed by atoms with E-state index in [1.165, 1.54) is 6.26 Å². The second kappa shape index (κ2) is 4.65. The van der Waals surface area contributed by atoms with Crippen molar-refractivity contribution in [1.82, 2.24) is 10.1 Å². The summed E-state index contributed by atoms with van der Waals surface area (Å²) in [5.74, 6) is 0.411. The average Bonchev–Trinajstić information content (AvgIpc) is 2.82. The molecule has 0 aliphatic carbocycles. The van der Waals surface area contributed by atoms with Gasteiger partial charge in [-0.05, 0) is 12.3 Å². The Bertz CT molecular complexity index is 350. The number of piperidine rings is 1. The lowest BCUT2D eigenvalue weighted by atomic mass is 9.95. The first-order chi connectivity index (χ1) is 7.72. The lowest BCUT2D eigenvalue weighted by Crippen LogP contribution is -2.46. The molecule has 1 saturated heterocycles. The van der Waals surface area contributed by atoms with E-state index in [0.717, 1.165) is 13.0 Å². The van der Waals surface area contributed by atoms with E-state index in [4.69, 9.17) is 4.74 Å². The van der Waals surface area contributed by atoms with E-state index in [-0.39, 0.29) is 12.0 Å². The molecule has 1 fully saturated rings. The van der Waals surface area contributed by atoms with E-state index in [0.29, 0.717) is 18.2 Å². The molecule has 5 nitrogen and oxygen atoms in total. The number of rotatable bonds is 2. The van der Waals surface area contributed by atoms with Gasteiger partial charge >= 0.3 is 0 Å². The molecule has 1 amide bonds. The Kier molecular flexibility index (Phi) is 3.24. The first kappa shape index (κ1) is 11.1. The van der Waals surface area contributed by atoms with Crippen LogP contribution >= 0.6 is 0 Å². The van der Waals surface area contributed by atoms with Crippen molar-refractivity contribution in [3.8, 4) is 0 Å². The van der Waals surface area contributed by atoms with Gasteiger partial charge in [-0.25, -0.2) is 0 Å². The van der Waals surface area contributed by atoms with Crippen LogP contribution in [0.2, 0.25) is 0 Å². The van der Waals surface area contributed by atoms with Crippen molar-refractivity contribution in [3.63, 3.8) is 0 Å². The zero-order valence-corrected chi connectivity index (χ0v) is 9.55. The number of amides is 1. The number of hydrogen-bond acceptors (Lipinski definition) is 4. The van der Waals surface area contributed by atoms with Crippen LogP contribution in [0.4, 0.5) is 0 Å². The van der Waals surface area contributed by atoms with Crippen LogP contribution in [0.3, 0.4) is 0 Å². The topological polar surface area (TPSA) is 55.6 Å². The largest absolute Gasteiger partial charge is 0.379 e. The van der Waals surface area contributed by atoms with Crippen LogP contribution in [-0.4, -0.2) is 42.3 Å². The predicted octanol–water partition coefficient (Wildman–Crippen LogP) is 1.17. The maximum Gasteiger partial charge on any atom is 0.276 e. The molecule has 0 bridgehead atoms. The highest BCUT2D eigenvalue weighted by Gasteiger charge is 2.30. The van der Waals surface area contributed by atoms with E-state index >= 15 is 0 Å². The molecule has 0 spiro atoms. The summed E-state index contributed by atoms with van der Waals surface area (Å²) in [5, 5.41) is 3.65. The van der Waals surface area contributed by atoms with Crippen LogP contribution < -0.4 is 0 Å². The fourth-order valence-corrected chi connectivity index (χ4v) is 2.01. The lowest BCUT2D eigenvalue weighted by Gasteiger charge is -2.35. The molecule has 2 heterocycles. The SMILES string of the molecule is CO[C@@H]1CN(C(=O)c2ccon2)CC[C@H]1C.